The lowest BCUT2D eigenvalue weighted by molar-refractivity contribution is 0.553. The van der Waals surface area contributed by atoms with E-state index in [9.17, 15) is 12.8 Å². The van der Waals surface area contributed by atoms with Crippen molar-refractivity contribution in [2.45, 2.75) is 24.3 Å². The Morgan fingerprint density at radius 3 is 2.67 bits per heavy atom. The first-order valence-electron chi connectivity index (χ1n) is 5.70. The molecule has 100 valence electrons. The summed E-state index contributed by atoms with van der Waals surface area (Å²) in [6.07, 6.45) is 3.62. The van der Waals surface area contributed by atoms with Crippen molar-refractivity contribution in [1.82, 2.24) is 5.32 Å². The molecule has 1 rings (SSSR count). The highest BCUT2D eigenvalue weighted by Crippen LogP contribution is 2.20. The third-order valence-corrected chi connectivity index (χ3v) is 3.78. The standard InChI is InChI=1S/C13H18FNO2S/c1-4-5-8-15-10(2)11-6-7-13(12(14)9-11)18(3,16)17/h4,6-7,9-10,15H,1,5,8H2,2-3H3/t10-/m1/s1. The van der Waals surface area contributed by atoms with Crippen molar-refractivity contribution in [3.63, 3.8) is 0 Å². The van der Waals surface area contributed by atoms with Crippen LogP contribution in [0.25, 0.3) is 0 Å². The number of hydrogen-bond donors (Lipinski definition) is 1. The van der Waals surface area contributed by atoms with Gasteiger partial charge >= 0.3 is 0 Å². The average Bonchev–Trinajstić information content (AvgIpc) is 2.27. The molecule has 0 unspecified atom stereocenters. The highest BCUT2D eigenvalue weighted by molar-refractivity contribution is 7.90. The third kappa shape index (κ3) is 3.92. The minimum Gasteiger partial charge on any atom is -0.310 e. The Labute approximate surface area is 108 Å². The molecule has 1 aromatic rings. The number of rotatable bonds is 6. The maximum absolute atomic E-state index is 13.7. The van der Waals surface area contributed by atoms with Crippen LogP contribution in [0.4, 0.5) is 4.39 Å². The lowest BCUT2D eigenvalue weighted by Gasteiger charge is -2.14. The van der Waals surface area contributed by atoms with Gasteiger partial charge in [-0.2, -0.15) is 0 Å². The zero-order valence-corrected chi connectivity index (χ0v) is 11.4. The van der Waals surface area contributed by atoms with E-state index in [0.29, 0.717) is 0 Å². The maximum atomic E-state index is 13.7. The van der Waals surface area contributed by atoms with Crippen LogP contribution in [0.15, 0.2) is 35.7 Å². The molecule has 0 amide bonds. The fourth-order valence-corrected chi connectivity index (χ4v) is 2.34. The van der Waals surface area contributed by atoms with Gasteiger partial charge in [0.05, 0.1) is 0 Å². The van der Waals surface area contributed by atoms with E-state index >= 15 is 0 Å². The second-order valence-electron chi connectivity index (χ2n) is 4.22. The van der Waals surface area contributed by atoms with E-state index in [-0.39, 0.29) is 10.9 Å². The Bertz CT molecular complexity index is 526. The maximum Gasteiger partial charge on any atom is 0.178 e. The molecule has 1 aromatic carbocycles. The van der Waals surface area contributed by atoms with Gasteiger partial charge in [0.2, 0.25) is 0 Å². The first-order chi connectivity index (χ1) is 8.36. The zero-order valence-electron chi connectivity index (χ0n) is 10.6. The third-order valence-electron chi connectivity index (χ3n) is 2.65. The van der Waals surface area contributed by atoms with Gasteiger partial charge in [0.1, 0.15) is 10.7 Å². The fourth-order valence-electron chi connectivity index (χ4n) is 1.61. The monoisotopic (exact) mass is 271 g/mol. The fraction of sp³-hybridized carbons (Fsp3) is 0.385. The van der Waals surface area contributed by atoms with E-state index in [4.69, 9.17) is 0 Å². The molecule has 0 saturated heterocycles. The van der Waals surface area contributed by atoms with Crippen LogP contribution >= 0.6 is 0 Å². The van der Waals surface area contributed by atoms with Crippen LogP contribution in [0.2, 0.25) is 0 Å². The van der Waals surface area contributed by atoms with Crippen LogP contribution in [0.5, 0.6) is 0 Å². The van der Waals surface area contributed by atoms with Crippen molar-refractivity contribution < 1.29 is 12.8 Å². The highest BCUT2D eigenvalue weighted by atomic mass is 32.2. The van der Waals surface area contributed by atoms with Crippen LogP contribution in [0.3, 0.4) is 0 Å². The lowest BCUT2D eigenvalue weighted by atomic mass is 10.1. The van der Waals surface area contributed by atoms with E-state index in [1.165, 1.54) is 12.1 Å². The summed E-state index contributed by atoms with van der Waals surface area (Å²) in [5.41, 5.74) is 0.726. The normalized spacial score (nSPS) is 13.3. The molecular weight excluding hydrogens is 253 g/mol. The minimum atomic E-state index is -3.51. The van der Waals surface area contributed by atoms with Gasteiger partial charge in [-0.1, -0.05) is 12.1 Å². The van der Waals surface area contributed by atoms with Gasteiger partial charge in [-0.3, -0.25) is 0 Å². The van der Waals surface area contributed by atoms with Gasteiger partial charge in [0.15, 0.2) is 9.84 Å². The Morgan fingerprint density at radius 2 is 2.17 bits per heavy atom. The summed E-state index contributed by atoms with van der Waals surface area (Å²) < 4.78 is 36.2. The molecular formula is C13H18FNO2S. The van der Waals surface area contributed by atoms with E-state index in [1.807, 2.05) is 6.92 Å². The molecule has 3 nitrogen and oxygen atoms in total. The van der Waals surface area contributed by atoms with Gasteiger partial charge < -0.3 is 5.32 Å². The summed E-state index contributed by atoms with van der Waals surface area (Å²) >= 11 is 0. The minimum absolute atomic E-state index is 0.0342. The molecule has 0 bridgehead atoms. The molecule has 0 aliphatic rings. The van der Waals surface area contributed by atoms with Crippen molar-refractivity contribution in [2.75, 3.05) is 12.8 Å². The first-order valence-corrected chi connectivity index (χ1v) is 7.59. The van der Waals surface area contributed by atoms with Crippen molar-refractivity contribution in [1.29, 1.82) is 0 Å². The van der Waals surface area contributed by atoms with Crippen molar-refractivity contribution in [3.8, 4) is 0 Å². The summed E-state index contributed by atoms with van der Waals surface area (Å²) in [5, 5.41) is 3.20. The predicted octanol–water partition coefficient (Wildman–Crippen LogP) is 2.46. The predicted molar refractivity (Wildman–Crippen MR) is 70.7 cm³/mol. The van der Waals surface area contributed by atoms with Crippen LogP contribution in [-0.2, 0) is 9.84 Å². The van der Waals surface area contributed by atoms with E-state index in [0.717, 1.165) is 24.8 Å². The molecule has 0 spiro atoms. The summed E-state index contributed by atoms with van der Waals surface area (Å²) in [4.78, 5) is -0.260. The van der Waals surface area contributed by atoms with Crippen molar-refractivity contribution >= 4 is 9.84 Å². The molecule has 0 aliphatic carbocycles. The summed E-state index contributed by atoms with van der Waals surface area (Å²) in [6, 6.07) is 4.17. The molecule has 0 aromatic heterocycles. The molecule has 0 fully saturated rings. The number of sulfone groups is 1. The smallest absolute Gasteiger partial charge is 0.178 e. The second-order valence-corrected chi connectivity index (χ2v) is 6.20. The number of nitrogens with one attached hydrogen (secondary N) is 1. The van der Waals surface area contributed by atoms with Crippen LogP contribution in [0, 0.1) is 5.82 Å². The largest absolute Gasteiger partial charge is 0.310 e. The Hall–Kier alpha value is -1.20. The van der Waals surface area contributed by atoms with Gasteiger partial charge in [0.25, 0.3) is 0 Å². The second kappa shape index (κ2) is 6.11. The van der Waals surface area contributed by atoms with Crippen LogP contribution in [0.1, 0.15) is 24.9 Å². The van der Waals surface area contributed by atoms with Crippen molar-refractivity contribution in [2.24, 2.45) is 0 Å². The topological polar surface area (TPSA) is 46.2 Å². The van der Waals surface area contributed by atoms with E-state index in [1.54, 1.807) is 12.1 Å². The quantitative estimate of drug-likeness (QED) is 0.638. The molecule has 1 N–H and O–H groups in total. The van der Waals surface area contributed by atoms with Crippen LogP contribution < -0.4 is 5.32 Å². The van der Waals surface area contributed by atoms with Gasteiger partial charge in [-0.05, 0) is 37.6 Å². The summed E-state index contributed by atoms with van der Waals surface area (Å²) in [5.74, 6) is -0.702. The van der Waals surface area contributed by atoms with Gasteiger partial charge in [-0.15, -0.1) is 6.58 Å². The number of benzene rings is 1. The van der Waals surface area contributed by atoms with Gasteiger partial charge in [0, 0.05) is 12.3 Å². The zero-order chi connectivity index (χ0) is 13.8. The average molecular weight is 271 g/mol. The number of halogens is 1. The Balaban J connectivity index is 2.87. The highest BCUT2D eigenvalue weighted by Gasteiger charge is 2.15. The van der Waals surface area contributed by atoms with Crippen molar-refractivity contribution in [3.05, 3.63) is 42.2 Å². The molecule has 0 heterocycles. The molecule has 0 aliphatic heterocycles. The molecule has 5 heteroatoms. The molecule has 0 radical (unpaired) electrons. The van der Waals surface area contributed by atoms with Crippen LogP contribution in [-0.4, -0.2) is 21.2 Å². The lowest BCUT2D eigenvalue weighted by Crippen LogP contribution is -2.19. The molecule has 0 saturated carbocycles. The van der Waals surface area contributed by atoms with E-state index in [2.05, 4.69) is 11.9 Å². The summed E-state index contributed by atoms with van der Waals surface area (Å²) in [7, 11) is -3.51. The molecule has 1 atom stereocenters. The van der Waals surface area contributed by atoms with E-state index < -0.39 is 15.7 Å². The Morgan fingerprint density at radius 1 is 1.50 bits per heavy atom. The Kier molecular flexibility index (Phi) is 5.04. The molecule has 18 heavy (non-hydrogen) atoms. The number of hydrogen-bond acceptors (Lipinski definition) is 3. The van der Waals surface area contributed by atoms with Gasteiger partial charge in [-0.25, -0.2) is 12.8 Å². The first kappa shape index (κ1) is 14.9. The SMILES string of the molecule is C=CCCN[C@H](C)c1ccc(S(C)(=O)=O)c(F)c1. The summed E-state index contributed by atoms with van der Waals surface area (Å²) in [6.45, 7) is 6.27.